The summed E-state index contributed by atoms with van der Waals surface area (Å²) in [7, 11) is 0. The zero-order valence-electron chi connectivity index (χ0n) is 21.4. The van der Waals surface area contributed by atoms with Crippen LogP contribution in [-0.4, -0.2) is 51.7 Å². The molecule has 2 aliphatic rings. The molecule has 3 N–H and O–H groups in total. The second kappa shape index (κ2) is 14.1. The molecule has 0 radical (unpaired) electrons. The van der Waals surface area contributed by atoms with Crippen molar-refractivity contribution >= 4 is 11.9 Å². The minimum Gasteiger partial charge on any atom is -0.550 e. The molecule has 8 heteroatoms. The monoisotopic (exact) mass is 488 g/mol. The van der Waals surface area contributed by atoms with Crippen molar-refractivity contribution in [3.8, 4) is 0 Å². The number of ether oxygens (including phenoxy) is 1. The Morgan fingerprint density at radius 3 is 2.53 bits per heavy atom. The van der Waals surface area contributed by atoms with Crippen molar-refractivity contribution < 1.29 is 64.3 Å². The van der Waals surface area contributed by atoms with Crippen LogP contribution < -0.4 is 34.7 Å². The molecule has 0 bridgehead atoms. The maximum atomic E-state index is 13.1. The summed E-state index contributed by atoms with van der Waals surface area (Å²) >= 11 is 0. The van der Waals surface area contributed by atoms with Gasteiger partial charge in [-0.25, -0.2) is 0 Å². The van der Waals surface area contributed by atoms with Crippen molar-refractivity contribution in [3.05, 3.63) is 23.8 Å². The van der Waals surface area contributed by atoms with E-state index in [2.05, 4.69) is 13.0 Å². The molecule has 2 rings (SSSR count). The molecule has 0 saturated carbocycles. The quantitative estimate of drug-likeness (QED) is 0.244. The van der Waals surface area contributed by atoms with Crippen molar-refractivity contribution in [2.45, 2.75) is 103 Å². The van der Waals surface area contributed by atoms with Crippen molar-refractivity contribution in [3.63, 3.8) is 0 Å². The Bertz CT molecular complexity index is 737. The van der Waals surface area contributed by atoms with E-state index in [1.807, 2.05) is 32.9 Å². The van der Waals surface area contributed by atoms with E-state index in [4.69, 9.17) is 4.74 Å². The van der Waals surface area contributed by atoms with E-state index in [0.29, 0.717) is 25.7 Å². The van der Waals surface area contributed by atoms with Crippen LogP contribution in [0.5, 0.6) is 0 Å². The van der Waals surface area contributed by atoms with E-state index in [-0.39, 0.29) is 59.7 Å². The fourth-order valence-corrected chi connectivity index (χ4v) is 5.33. The Morgan fingerprint density at radius 2 is 1.94 bits per heavy atom. The standard InChI is InChI=1S/C26H42O7.Na/c1-5-11-26(4,6-2)25(32)33-22-14-19(28)12-17-8-7-16(3)21(24(17)22)10-9-18(27)13-20(29)15-23(30)31;/h7-8,12,16,18-22,24,27-29H,5-6,9-11,13-15H2,1-4H3,(H,30,31);/q;+1/p-1/t16-,18+,19+,20+,21-,22-,24-,26?;/m0./s1. The van der Waals surface area contributed by atoms with Crippen LogP contribution in [-0.2, 0) is 14.3 Å². The van der Waals surface area contributed by atoms with Crippen LogP contribution in [0, 0.1) is 23.2 Å². The number of aliphatic carboxylic acids is 1. The predicted octanol–water partition coefficient (Wildman–Crippen LogP) is -0.720. The Hall–Kier alpha value is -0.700. The van der Waals surface area contributed by atoms with Gasteiger partial charge in [0, 0.05) is 24.7 Å². The molecule has 1 unspecified atom stereocenters. The zero-order chi connectivity index (χ0) is 24.8. The normalized spacial score (nSPS) is 29.6. The molecule has 0 aromatic heterocycles. The molecule has 34 heavy (non-hydrogen) atoms. The first kappa shape index (κ1) is 31.3. The van der Waals surface area contributed by atoms with E-state index in [1.165, 1.54) is 0 Å². The number of rotatable bonds is 12. The molecule has 0 aromatic rings. The van der Waals surface area contributed by atoms with Gasteiger partial charge in [0.1, 0.15) is 6.10 Å². The summed E-state index contributed by atoms with van der Waals surface area (Å²) in [5.41, 5.74) is 0.396. The average molecular weight is 489 g/mol. The van der Waals surface area contributed by atoms with Crippen LogP contribution in [0.25, 0.3) is 0 Å². The van der Waals surface area contributed by atoms with Gasteiger partial charge in [0.15, 0.2) is 0 Å². The van der Waals surface area contributed by atoms with Crippen LogP contribution in [0.3, 0.4) is 0 Å². The Balaban J connectivity index is 0.00000578. The van der Waals surface area contributed by atoms with Gasteiger partial charge >= 0.3 is 35.5 Å². The zero-order valence-corrected chi connectivity index (χ0v) is 23.4. The maximum Gasteiger partial charge on any atom is 1.00 e. The molecule has 0 fully saturated rings. The first-order valence-electron chi connectivity index (χ1n) is 12.4. The summed E-state index contributed by atoms with van der Waals surface area (Å²) < 4.78 is 6.09. The second-order valence-corrected chi connectivity index (χ2v) is 10.2. The number of fused-ring (bicyclic) bond motifs is 1. The third kappa shape index (κ3) is 8.45. The van der Waals surface area contributed by atoms with Gasteiger partial charge < -0.3 is 30.0 Å². The van der Waals surface area contributed by atoms with Gasteiger partial charge in [0.05, 0.1) is 23.7 Å². The molecule has 0 spiro atoms. The first-order valence-corrected chi connectivity index (χ1v) is 12.4. The van der Waals surface area contributed by atoms with Crippen LogP contribution >= 0.6 is 0 Å². The summed E-state index contributed by atoms with van der Waals surface area (Å²) in [5, 5.41) is 41.2. The summed E-state index contributed by atoms with van der Waals surface area (Å²) in [4.78, 5) is 23.8. The molecule has 8 atom stereocenters. The summed E-state index contributed by atoms with van der Waals surface area (Å²) in [5.74, 6) is -1.39. The van der Waals surface area contributed by atoms with Gasteiger partial charge in [-0.1, -0.05) is 45.4 Å². The molecule has 188 valence electrons. The van der Waals surface area contributed by atoms with Gasteiger partial charge in [0.2, 0.25) is 0 Å². The maximum absolute atomic E-state index is 13.1. The van der Waals surface area contributed by atoms with Crippen LogP contribution in [0.4, 0.5) is 0 Å². The molecule has 0 saturated heterocycles. The number of carboxylic acids is 1. The van der Waals surface area contributed by atoms with Crippen molar-refractivity contribution in [2.75, 3.05) is 0 Å². The Morgan fingerprint density at radius 1 is 1.26 bits per heavy atom. The molecule has 2 aliphatic carbocycles. The Kier molecular flexibility index (Phi) is 13.0. The second-order valence-electron chi connectivity index (χ2n) is 10.2. The van der Waals surface area contributed by atoms with E-state index in [9.17, 15) is 30.0 Å². The fourth-order valence-electron chi connectivity index (χ4n) is 5.33. The van der Waals surface area contributed by atoms with Crippen LogP contribution in [0.1, 0.15) is 79.1 Å². The average Bonchev–Trinajstić information content (AvgIpc) is 2.72. The number of hydrogen-bond donors (Lipinski definition) is 3. The van der Waals surface area contributed by atoms with Gasteiger partial charge in [-0.2, -0.15) is 0 Å². The van der Waals surface area contributed by atoms with Crippen molar-refractivity contribution in [1.29, 1.82) is 0 Å². The first-order chi connectivity index (χ1) is 15.5. The predicted molar refractivity (Wildman–Crippen MR) is 123 cm³/mol. The van der Waals surface area contributed by atoms with Gasteiger partial charge in [-0.15, -0.1) is 0 Å². The number of aliphatic hydroxyl groups is 3. The van der Waals surface area contributed by atoms with E-state index >= 15 is 0 Å². The van der Waals surface area contributed by atoms with E-state index in [0.717, 1.165) is 18.4 Å². The Labute approximate surface area is 225 Å². The summed E-state index contributed by atoms with van der Waals surface area (Å²) in [6, 6.07) is 0. The molecule has 7 nitrogen and oxygen atoms in total. The number of hydrogen-bond acceptors (Lipinski definition) is 7. The number of carbonyl (C=O) groups is 2. The van der Waals surface area contributed by atoms with E-state index < -0.39 is 42.2 Å². The minimum atomic E-state index is -1.34. The fraction of sp³-hybridized carbons (Fsp3) is 0.769. The SMILES string of the molecule is CCCC(C)(CC)C(=O)O[C@H]1C[C@H](O)C=C2C=C[C@H](C)[C@H](CC[C@@H](O)C[C@@H](O)CC(=O)[O-])[C@H]21.[Na+]. The largest absolute Gasteiger partial charge is 1.00 e. The number of carbonyl (C=O) groups excluding carboxylic acids is 2. The summed E-state index contributed by atoms with van der Waals surface area (Å²) in [6.45, 7) is 8.06. The van der Waals surface area contributed by atoms with Crippen LogP contribution in [0.2, 0.25) is 0 Å². The third-order valence-corrected chi connectivity index (χ3v) is 7.49. The molecular weight excluding hydrogens is 447 g/mol. The molecule has 0 aromatic carbocycles. The smallest absolute Gasteiger partial charge is 0.550 e. The van der Waals surface area contributed by atoms with Gasteiger partial charge in [0.25, 0.3) is 0 Å². The van der Waals surface area contributed by atoms with Crippen molar-refractivity contribution in [1.82, 2.24) is 0 Å². The number of aliphatic hydroxyl groups excluding tert-OH is 3. The topological polar surface area (TPSA) is 127 Å². The van der Waals surface area contributed by atoms with Gasteiger partial charge in [-0.05, 0) is 56.4 Å². The number of carboxylic acid groups (broad SMARTS) is 1. The van der Waals surface area contributed by atoms with Crippen LogP contribution in [0.15, 0.2) is 23.8 Å². The number of esters is 1. The van der Waals surface area contributed by atoms with E-state index in [1.54, 1.807) is 0 Å². The number of allylic oxidation sites excluding steroid dienone is 2. The molecule has 0 amide bonds. The minimum absolute atomic E-state index is 0. The van der Waals surface area contributed by atoms with Gasteiger partial charge in [-0.3, -0.25) is 4.79 Å². The molecular formula is C26H41NaO7. The molecule has 0 aliphatic heterocycles. The van der Waals surface area contributed by atoms with Crippen molar-refractivity contribution in [2.24, 2.45) is 23.2 Å². The summed E-state index contributed by atoms with van der Waals surface area (Å²) in [6.07, 6.45) is 5.92. The molecule has 0 heterocycles. The third-order valence-electron chi connectivity index (χ3n) is 7.49.